The fraction of sp³-hybridized carbons (Fsp3) is 0.333. The molecule has 1 saturated heterocycles. The smallest absolute Gasteiger partial charge is 0.274 e. The van der Waals surface area contributed by atoms with E-state index in [0.717, 1.165) is 49.2 Å². The maximum Gasteiger partial charge on any atom is 0.274 e. The van der Waals surface area contributed by atoms with Gasteiger partial charge in [0.15, 0.2) is 18.2 Å². The number of aromatic nitrogens is 2. The zero-order valence-corrected chi connectivity index (χ0v) is 20.7. The average molecular weight is 530 g/mol. The van der Waals surface area contributed by atoms with Crippen LogP contribution < -0.4 is 5.32 Å². The van der Waals surface area contributed by atoms with Gasteiger partial charge in [0.1, 0.15) is 5.71 Å². The lowest BCUT2D eigenvalue weighted by Gasteiger charge is -2.32. The van der Waals surface area contributed by atoms with E-state index in [9.17, 15) is 22.4 Å². The molecule has 1 N–H and O–H groups in total. The number of hydrogen-bond donors (Lipinski definition) is 1. The highest BCUT2D eigenvalue weighted by Crippen LogP contribution is 2.29. The first-order valence-electron chi connectivity index (χ1n) is 12.1. The van der Waals surface area contributed by atoms with Gasteiger partial charge in [0.25, 0.3) is 6.43 Å². The first-order chi connectivity index (χ1) is 18.3. The highest BCUT2D eigenvalue weighted by Gasteiger charge is 2.22. The number of oxime groups is 1. The Bertz CT molecular complexity index is 1280. The average Bonchev–Trinajstić information content (AvgIpc) is 2.89. The molecule has 1 aliphatic heterocycles. The van der Waals surface area contributed by atoms with Crippen LogP contribution in [0.1, 0.15) is 48.1 Å². The highest BCUT2D eigenvalue weighted by molar-refractivity contribution is 6.11. The molecule has 3 heterocycles. The topological polar surface area (TPSA) is 79.7 Å². The van der Waals surface area contributed by atoms with Crippen molar-refractivity contribution in [3.8, 4) is 0 Å². The summed E-state index contributed by atoms with van der Waals surface area (Å²) in [5.41, 5.74) is 3.16. The van der Waals surface area contributed by atoms with Gasteiger partial charge in [-0.3, -0.25) is 19.7 Å². The SMILES string of the molecule is CC(=O)Nc1cncc(C2CCN(Cc3ccc(C(=NOCC(F)F)c4ccc(F)c(F)c4)nc3)CC2)c1. The van der Waals surface area contributed by atoms with Crippen molar-refractivity contribution >= 4 is 17.3 Å². The van der Waals surface area contributed by atoms with E-state index in [1.165, 1.54) is 13.0 Å². The van der Waals surface area contributed by atoms with Crippen LogP contribution in [0.5, 0.6) is 0 Å². The molecule has 0 atom stereocenters. The lowest BCUT2D eigenvalue weighted by molar-refractivity contribution is -0.114. The van der Waals surface area contributed by atoms with Crippen LogP contribution in [0.15, 0.2) is 60.1 Å². The molecule has 1 amide bonds. The summed E-state index contributed by atoms with van der Waals surface area (Å²) < 4.78 is 52.2. The van der Waals surface area contributed by atoms with Crippen molar-refractivity contribution in [2.75, 3.05) is 25.0 Å². The van der Waals surface area contributed by atoms with Crippen LogP contribution in [0.25, 0.3) is 0 Å². The third-order valence-corrected chi connectivity index (χ3v) is 6.16. The van der Waals surface area contributed by atoms with Crippen molar-refractivity contribution in [1.82, 2.24) is 14.9 Å². The predicted octanol–water partition coefficient (Wildman–Crippen LogP) is 5.13. The number of nitrogens with zero attached hydrogens (tertiary/aromatic N) is 4. The molecule has 0 saturated carbocycles. The number of carbonyl (C=O) groups excluding carboxylic acids is 1. The summed E-state index contributed by atoms with van der Waals surface area (Å²) in [4.78, 5) is 27.0. The largest absolute Gasteiger partial charge is 0.389 e. The number of halogens is 4. The Morgan fingerprint density at radius 1 is 1.11 bits per heavy atom. The first kappa shape index (κ1) is 27.2. The lowest BCUT2D eigenvalue weighted by atomic mass is 9.90. The second-order valence-corrected chi connectivity index (χ2v) is 9.05. The Hall–Kier alpha value is -3.86. The third-order valence-electron chi connectivity index (χ3n) is 6.16. The summed E-state index contributed by atoms with van der Waals surface area (Å²) in [6.07, 6.45) is 4.25. The summed E-state index contributed by atoms with van der Waals surface area (Å²) >= 11 is 0. The summed E-state index contributed by atoms with van der Waals surface area (Å²) in [7, 11) is 0. The van der Waals surface area contributed by atoms with Gasteiger partial charge in [-0.2, -0.15) is 0 Å². The molecule has 200 valence electrons. The fourth-order valence-corrected chi connectivity index (χ4v) is 4.34. The Balaban J connectivity index is 1.40. The molecule has 0 radical (unpaired) electrons. The van der Waals surface area contributed by atoms with Gasteiger partial charge in [-0.25, -0.2) is 17.6 Å². The van der Waals surface area contributed by atoms with Crippen molar-refractivity contribution < 1.29 is 27.2 Å². The van der Waals surface area contributed by atoms with Crippen LogP contribution in [-0.4, -0.2) is 52.6 Å². The summed E-state index contributed by atoms with van der Waals surface area (Å²) in [6.45, 7) is 2.90. The van der Waals surface area contributed by atoms with Crippen molar-refractivity contribution in [3.63, 3.8) is 0 Å². The van der Waals surface area contributed by atoms with Crippen LogP contribution in [-0.2, 0) is 16.2 Å². The second-order valence-electron chi connectivity index (χ2n) is 9.05. The fourth-order valence-electron chi connectivity index (χ4n) is 4.34. The molecule has 7 nitrogen and oxygen atoms in total. The minimum absolute atomic E-state index is 0.0204. The number of anilines is 1. The molecule has 0 bridgehead atoms. The lowest BCUT2D eigenvalue weighted by Crippen LogP contribution is -2.32. The molecule has 1 fully saturated rings. The zero-order chi connectivity index (χ0) is 27.1. The summed E-state index contributed by atoms with van der Waals surface area (Å²) in [5, 5.41) is 6.49. The number of pyridine rings is 2. The van der Waals surface area contributed by atoms with E-state index < -0.39 is 24.7 Å². The van der Waals surface area contributed by atoms with Gasteiger partial charge in [0.05, 0.1) is 17.6 Å². The zero-order valence-electron chi connectivity index (χ0n) is 20.7. The molecule has 0 unspecified atom stereocenters. The number of rotatable bonds is 9. The number of benzene rings is 1. The van der Waals surface area contributed by atoms with Crippen LogP contribution >= 0.6 is 0 Å². The minimum Gasteiger partial charge on any atom is -0.389 e. The molecule has 0 aliphatic carbocycles. The van der Waals surface area contributed by atoms with E-state index >= 15 is 0 Å². The van der Waals surface area contributed by atoms with E-state index in [4.69, 9.17) is 4.84 Å². The molecule has 0 spiro atoms. The monoisotopic (exact) mass is 529 g/mol. The molecular formula is C27H27F4N5O2. The first-order valence-corrected chi connectivity index (χ1v) is 12.1. The second kappa shape index (κ2) is 12.6. The number of hydrogen-bond acceptors (Lipinski definition) is 6. The van der Waals surface area contributed by atoms with Gasteiger partial charge in [-0.05, 0) is 73.3 Å². The molecule has 4 rings (SSSR count). The van der Waals surface area contributed by atoms with E-state index in [1.54, 1.807) is 18.5 Å². The third kappa shape index (κ3) is 7.34. The summed E-state index contributed by atoms with van der Waals surface area (Å²) in [6, 6.07) is 8.57. The Morgan fingerprint density at radius 3 is 2.55 bits per heavy atom. The Morgan fingerprint density at radius 2 is 1.89 bits per heavy atom. The summed E-state index contributed by atoms with van der Waals surface area (Å²) in [5.74, 6) is -1.93. The Kier molecular flexibility index (Phi) is 9.01. The quantitative estimate of drug-likeness (QED) is 0.236. The maximum atomic E-state index is 13.8. The number of carbonyl (C=O) groups is 1. The van der Waals surface area contributed by atoms with Gasteiger partial charge < -0.3 is 10.2 Å². The molecule has 1 aliphatic rings. The number of amides is 1. The van der Waals surface area contributed by atoms with Gasteiger partial charge in [0, 0.05) is 31.4 Å². The molecular weight excluding hydrogens is 502 g/mol. The van der Waals surface area contributed by atoms with Gasteiger partial charge >= 0.3 is 0 Å². The molecule has 11 heteroatoms. The van der Waals surface area contributed by atoms with Crippen molar-refractivity contribution in [1.29, 1.82) is 0 Å². The van der Waals surface area contributed by atoms with Crippen molar-refractivity contribution in [3.05, 3.63) is 89.0 Å². The standard InChI is InChI=1S/C27H27F4N5O2/c1-17(37)34-22-10-21(13-32-14-22)19-6-8-36(9-7-19)15-18-2-5-25(33-12-18)27(35-38-16-26(30)31)20-3-4-23(28)24(29)11-20/h2-5,10-14,19,26H,6-9,15-16H2,1H3,(H,34,37). The highest BCUT2D eigenvalue weighted by atomic mass is 19.3. The van der Waals surface area contributed by atoms with Gasteiger partial charge in [0.2, 0.25) is 5.91 Å². The van der Waals surface area contributed by atoms with E-state index in [-0.39, 0.29) is 22.9 Å². The Labute approximate surface area is 217 Å². The van der Waals surface area contributed by atoms with Crippen LogP contribution in [0.4, 0.5) is 23.2 Å². The number of piperidine rings is 1. The van der Waals surface area contributed by atoms with Crippen molar-refractivity contribution in [2.45, 2.75) is 38.7 Å². The van der Waals surface area contributed by atoms with E-state index in [2.05, 4.69) is 25.3 Å². The van der Waals surface area contributed by atoms with Crippen LogP contribution in [0.3, 0.4) is 0 Å². The number of likely N-dealkylation sites (tertiary alicyclic amines) is 1. The van der Waals surface area contributed by atoms with Crippen molar-refractivity contribution in [2.24, 2.45) is 5.16 Å². The molecule has 38 heavy (non-hydrogen) atoms. The number of alkyl halides is 2. The van der Waals surface area contributed by atoms with Crippen LogP contribution in [0.2, 0.25) is 0 Å². The maximum absolute atomic E-state index is 13.8. The molecule has 1 aromatic carbocycles. The van der Waals surface area contributed by atoms with Gasteiger partial charge in [-0.1, -0.05) is 11.2 Å². The van der Waals surface area contributed by atoms with Crippen LogP contribution in [0, 0.1) is 11.6 Å². The number of nitrogens with one attached hydrogen (secondary N) is 1. The minimum atomic E-state index is -2.73. The van der Waals surface area contributed by atoms with E-state index in [0.29, 0.717) is 18.2 Å². The van der Waals surface area contributed by atoms with Gasteiger partial charge in [-0.15, -0.1) is 0 Å². The normalized spacial score (nSPS) is 15.1. The predicted molar refractivity (Wildman–Crippen MR) is 134 cm³/mol. The molecule has 2 aromatic heterocycles. The molecule has 3 aromatic rings. The van der Waals surface area contributed by atoms with E-state index in [1.807, 2.05) is 18.3 Å².